The molecule has 0 atom stereocenters. The second-order valence-electron chi connectivity index (χ2n) is 4.60. The molecule has 118 valence electrons. The molecule has 0 spiro atoms. The lowest BCUT2D eigenvalue weighted by molar-refractivity contribution is -0.137. The summed E-state index contributed by atoms with van der Waals surface area (Å²) in [6.07, 6.45) is 4.33. The SMILES string of the molecule is CCOC(=O)C=Cc1ccc(NC(=O)c2ccc(=O)[nH]c2)cc1. The smallest absolute Gasteiger partial charge is 0.330 e. The Bertz CT molecular complexity index is 755. The average Bonchev–Trinajstić information content (AvgIpc) is 2.55. The number of H-pyrrole nitrogens is 1. The second kappa shape index (κ2) is 7.74. The van der Waals surface area contributed by atoms with E-state index in [4.69, 9.17) is 4.74 Å². The summed E-state index contributed by atoms with van der Waals surface area (Å²) < 4.78 is 4.79. The van der Waals surface area contributed by atoms with Crippen molar-refractivity contribution in [3.8, 4) is 0 Å². The molecule has 6 heteroatoms. The average molecular weight is 312 g/mol. The highest BCUT2D eigenvalue weighted by Crippen LogP contribution is 2.12. The molecule has 23 heavy (non-hydrogen) atoms. The molecule has 0 saturated heterocycles. The predicted molar refractivity (Wildman–Crippen MR) is 87.1 cm³/mol. The van der Waals surface area contributed by atoms with Gasteiger partial charge in [-0.15, -0.1) is 0 Å². The molecule has 0 saturated carbocycles. The van der Waals surface area contributed by atoms with Crippen LogP contribution >= 0.6 is 0 Å². The standard InChI is InChI=1S/C17H16N2O4/c1-2-23-16(21)10-5-12-3-7-14(8-4-12)19-17(22)13-6-9-15(20)18-11-13/h3-11H,2H2,1H3,(H,18,20)(H,19,22). The van der Waals surface area contributed by atoms with E-state index >= 15 is 0 Å². The van der Waals surface area contributed by atoms with E-state index in [0.29, 0.717) is 17.9 Å². The third kappa shape index (κ3) is 4.96. The van der Waals surface area contributed by atoms with Gasteiger partial charge in [-0.1, -0.05) is 12.1 Å². The fraction of sp³-hybridized carbons (Fsp3) is 0.118. The van der Waals surface area contributed by atoms with E-state index in [9.17, 15) is 14.4 Å². The minimum Gasteiger partial charge on any atom is -0.463 e. The van der Waals surface area contributed by atoms with E-state index in [1.807, 2.05) is 0 Å². The summed E-state index contributed by atoms with van der Waals surface area (Å²) in [5.74, 6) is -0.723. The molecule has 1 amide bonds. The molecule has 2 N–H and O–H groups in total. The molecule has 1 aromatic carbocycles. The van der Waals surface area contributed by atoms with Gasteiger partial charge >= 0.3 is 5.97 Å². The lowest BCUT2D eigenvalue weighted by atomic mass is 10.2. The zero-order valence-corrected chi connectivity index (χ0v) is 12.5. The van der Waals surface area contributed by atoms with Crippen molar-refractivity contribution in [3.05, 3.63) is 70.2 Å². The number of carbonyl (C=O) groups is 2. The molecule has 0 radical (unpaired) electrons. The van der Waals surface area contributed by atoms with Crippen LogP contribution in [0.4, 0.5) is 5.69 Å². The zero-order chi connectivity index (χ0) is 16.7. The molecule has 0 unspecified atom stereocenters. The van der Waals surface area contributed by atoms with Crippen LogP contribution in [0.5, 0.6) is 0 Å². The summed E-state index contributed by atoms with van der Waals surface area (Å²) in [5.41, 5.74) is 1.50. The van der Waals surface area contributed by atoms with E-state index in [-0.39, 0.29) is 11.5 Å². The summed E-state index contributed by atoms with van der Waals surface area (Å²) >= 11 is 0. The fourth-order valence-electron chi connectivity index (χ4n) is 1.79. The van der Waals surface area contributed by atoms with Gasteiger partial charge in [0.1, 0.15) is 0 Å². The molecule has 1 aromatic heterocycles. The molecule has 2 rings (SSSR count). The normalized spacial score (nSPS) is 10.5. The number of aromatic nitrogens is 1. The van der Waals surface area contributed by atoms with Gasteiger partial charge in [-0.25, -0.2) is 4.79 Å². The van der Waals surface area contributed by atoms with Crippen molar-refractivity contribution in [2.75, 3.05) is 11.9 Å². The molecule has 2 aromatic rings. The molecule has 0 bridgehead atoms. The monoisotopic (exact) mass is 312 g/mol. The highest BCUT2D eigenvalue weighted by atomic mass is 16.5. The Morgan fingerprint density at radius 1 is 1.17 bits per heavy atom. The molecule has 0 aliphatic rings. The third-order valence-electron chi connectivity index (χ3n) is 2.91. The predicted octanol–water partition coefficient (Wildman–Crippen LogP) is 2.20. The lowest BCUT2D eigenvalue weighted by Gasteiger charge is -2.05. The van der Waals surface area contributed by atoms with E-state index in [1.54, 1.807) is 37.3 Å². The Morgan fingerprint density at radius 3 is 2.52 bits per heavy atom. The Labute approximate surface area is 132 Å². The van der Waals surface area contributed by atoms with Crippen molar-refractivity contribution in [2.24, 2.45) is 0 Å². The van der Waals surface area contributed by atoms with Gasteiger partial charge < -0.3 is 15.0 Å². The molecular formula is C17H16N2O4. The number of anilines is 1. The number of amides is 1. The van der Waals surface area contributed by atoms with Crippen molar-refractivity contribution in [1.82, 2.24) is 4.98 Å². The first-order valence-corrected chi connectivity index (χ1v) is 7.03. The van der Waals surface area contributed by atoms with E-state index in [1.165, 1.54) is 24.4 Å². The minimum absolute atomic E-state index is 0.265. The van der Waals surface area contributed by atoms with Crippen LogP contribution in [0, 0.1) is 0 Å². The van der Waals surface area contributed by atoms with Crippen LogP contribution in [0.1, 0.15) is 22.8 Å². The fourth-order valence-corrected chi connectivity index (χ4v) is 1.79. The topological polar surface area (TPSA) is 88.3 Å². The number of ether oxygens (including phenoxy) is 1. The zero-order valence-electron chi connectivity index (χ0n) is 12.5. The van der Waals surface area contributed by atoms with Crippen molar-refractivity contribution in [1.29, 1.82) is 0 Å². The summed E-state index contributed by atoms with van der Waals surface area (Å²) in [4.78, 5) is 36.6. The highest BCUT2D eigenvalue weighted by Gasteiger charge is 2.05. The van der Waals surface area contributed by atoms with Gasteiger partial charge in [0.05, 0.1) is 12.2 Å². The number of rotatable bonds is 5. The lowest BCUT2D eigenvalue weighted by Crippen LogP contribution is -2.14. The van der Waals surface area contributed by atoms with Crippen LogP contribution in [-0.2, 0) is 9.53 Å². The van der Waals surface area contributed by atoms with Crippen LogP contribution in [0.2, 0.25) is 0 Å². The maximum absolute atomic E-state index is 12.0. The summed E-state index contributed by atoms with van der Waals surface area (Å²) in [5, 5.41) is 2.71. The number of hydrogen-bond donors (Lipinski definition) is 2. The highest BCUT2D eigenvalue weighted by molar-refractivity contribution is 6.04. The van der Waals surface area contributed by atoms with Crippen LogP contribution in [-0.4, -0.2) is 23.5 Å². The maximum Gasteiger partial charge on any atom is 0.330 e. The molecule has 0 aliphatic heterocycles. The van der Waals surface area contributed by atoms with Crippen LogP contribution in [0.3, 0.4) is 0 Å². The first-order valence-electron chi connectivity index (χ1n) is 7.03. The Balaban J connectivity index is 1.99. The molecule has 0 fully saturated rings. The van der Waals surface area contributed by atoms with E-state index < -0.39 is 5.97 Å². The summed E-state index contributed by atoms with van der Waals surface area (Å²) in [6, 6.07) is 9.70. The van der Waals surface area contributed by atoms with Crippen LogP contribution in [0.15, 0.2) is 53.5 Å². The van der Waals surface area contributed by atoms with E-state index in [2.05, 4.69) is 10.3 Å². The van der Waals surface area contributed by atoms with Gasteiger partial charge in [0, 0.05) is 24.0 Å². The Morgan fingerprint density at radius 2 is 1.91 bits per heavy atom. The van der Waals surface area contributed by atoms with Gasteiger partial charge in [-0.3, -0.25) is 9.59 Å². The summed E-state index contributed by atoms with van der Waals surface area (Å²) in [6.45, 7) is 2.07. The number of esters is 1. The quantitative estimate of drug-likeness (QED) is 0.654. The van der Waals surface area contributed by atoms with Gasteiger partial charge in [0.25, 0.3) is 5.91 Å². The van der Waals surface area contributed by atoms with E-state index in [0.717, 1.165) is 5.56 Å². The second-order valence-corrected chi connectivity index (χ2v) is 4.60. The first-order chi connectivity index (χ1) is 11.1. The van der Waals surface area contributed by atoms with Crippen molar-refractivity contribution < 1.29 is 14.3 Å². The van der Waals surface area contributed by atoms with Gasteiger partial charge in [-0.2, -0.15) is 0 Å². The number of hydrogen-bond acceptors (Lipinski definition) is 4. The largest absolute Gasteiger partial charge is 0.463 e. The Kier molecular flexibility index (Phi) is 5.46. The van der Waals surface area contributed by atoms with Crippen molar-refractivity contribution in [3.63, 3.8) is 0 Å². The number of pyridine rings is 1. The maximum atomic E-state index is 12.0. The third-order valence-corrected chi connectivity index (χ3v) is 2.91. The van der Waals surface area contributed by atoms with Gasteiger partial charge in [0.15, 0.2) is 0 Å². The molecular weight excluding hydrogens is 296 g/mol. The number of benzene rings is 1. The van der Waals surface area contributed by atoms with Crippen molar-refractivity contribution >= 4 is 23.6 Å². The van der Waals surface area contributed by atoms with Gasteiger partial charge in [-0.05, 0) is 36.8 Å². The van der Waals surface area contributed by atoms with Crippen LogP contribution in [0.25, 0.3) is 6.08 Å². The summed E-state index contributed by atoms with van der Waals surface area (Å²) in [7, 11) is 0. The van der Waals surface area contributed by atoms with Crippen LogP contribution < -0.4 is 10.9 Å². The Hall–Kier alpha value is -3.15. The number of aromatic amines is 1. The minimum atomic E-state index is -0.400. The van der Waals surface area contributed by atoms with Gasteiger partial charge in [0.2, 0.25) is 5.56 Å². The molecule has 6 nitrogen and oxygen atoms in total. The first kappa shape index (κ1) is 16.2. The van der Waals surface area contributed by atoms with Crippen molar-refractivity contribution in [2.45, 2.75) is 6.92 Å². The number of carbonyl (C=O) groups excluding carboxylic acids is 2. The molecule has 1 heterocycles. The molecule has 0 aliphatic carbocycles. The number of nitrogens with one attached hydrogen (secondary N) is 2.